The molecule has 1 aliphatic heterocycles. The summed E-state index contributed by atoms with van der Waals surface area (Å²) in [5.41, 5.74) is 0.518. The third-order valence-electron chi connectivity index (χ3n) is 6.37. The smallest absolute Gasteiger partial charge is 0.444 e. The molecule has 3 N–H and O–H groups in total. The molecule has 2 bridgehead atoms. The van der Waals surface area contributed by atoms with Crippen LogP contribution in [0.5, 0.6) is 0 Å². The molecule has 0 aromatic carbocycles. The number of halogens is 3. The predicted molar refractivity (Wildman–Crippen MR) is 107 cm³/mol. The summed E-state index contributed by atoms with van der Waals surface area (Å²) in [6.07, 6.45) is -2.51. The van der Waals surface area contributed by atoms with Crippen LogP contribution in [-0.2, 0) is 27.9 Å². The number of carbonyl (C=O) groups excluding carboxylic acids is 2. The van der Waals surface area contributed by atoms with E-state index < -0.39 is 37.2 Å². The first-order valence-corrected chi connectivity index (χ1v) is 10.8. The monoisotopic (exact) mass is 484 g/mol. The quantitative estimate of drug-likeness (QED) is 0.550. The van der Waals surface area contributed by atoms with Crippen LogP contribution >= 0.6 is 0 Å². The summed E-state index contributed by atoms with van der Waals surface area (Å²) in [4.78, 5) is 24.6. The van der Waals surface area contributed by atoms with Gasteiger partial charge in [0.1, 0.15) is 24.5 Å². The molecule has 0 spiro atoms. The lowest BCUT2D eigenvalue weighted by atomic mass is 9.50. The molecule has 3 aliphatic carbocycles. The minimum atomic E-state index is -4.79. The number of amides is 2. The highest BCUT2D eigenvalue weighted by molar-refractivity contribution is 6.02. The summed E-state index contributed by atoms with van der Waals surface area (Å²) < 4.78 is 52.7. The van der Waals surface area contributed by atoms with E-state index in [0.717, 1.165) is 29.9 Å². The number of hydrogen-bond donors (Lipinski definition) is 3. The lowest BCUT2D eigenvalue weighted by Crippen LogP contribution is -2.68. The van der Waals surface area contributed by atoms with Crippen LogP contribution in [0.2, 0.25) is 0 Å². The van der Waals surface area contributed by atoms with E-state index in [-0.39, 0.29) is 29.4 Å². The normalized spacial score (nSPS) is 27.6. The van der Waals surface area contributed by atoms with Gasteiger partial charge in [-0.05, 0) is 31.2 Å². The zero-order valence-corrected chi connectivity index (χ0v) is 18.1. The summed E-state index contributed by atoms with van der Waals surface area (Å²) in [7, 11) is 1.43. The van der Waals surface area contributed by atoms with E-state index in [1.54, 1.807) is 6.07 Å². The third-order valence-corrected chi connectivity index (χ3v) is 6.37. The Morgan fingerprint density at radius 1 is 1.32 bits per heavy atom. The molecular formula is C20H23F3N6O5. The Kier molecular flexibility index (Phi) is 5.51. The first kappa shape index (κ1) is 22.7. The molecule has 4 aliphatic rings. The molecule has 2 aromatic rings. The zero-order valence-electron chi connectivity index (χ0n) is 18.1. The van der Waals surface area contributed by atoms with Gasteiger partial charge in [0.2, 0.25) is 0 Å². The maximum absolute atomic E-state index is 12.5. The summed E-state index contributed by atoms with van der Waals surface area (Å²) >= 11 is 0. The predicted octanol–water partition coefficient (Wildman–Crippen LogP) is 2.54. The first-order valence-electron chi connectivity index (χ1n) is 10.8. The number of H-pyrrole nitrogens is 1. The van der Waals surface area contributed by atoms with Crippen molar-refractivity contribution in [2.24, 2.45) is 13.0 Å². The Balaban J connectivity index is 1.12. The van der Waals surface area contributed by atoms with Crippen LogP contribution < -0.4 is 10.6 Å². The standard InChI is InChI=1S/C20H23F3N6O5/c1-29-14(2-11(28-29)8-33-20(21,22)23)17(30)24-16-4-13(26-27-16)15-3-12(9-32-15)34-18(31)25-19-5-10(6-19)7-19/h2,4,10,12,15H,3,5-9H2,1H3,(H,25,31)(H2,24,26,27,30)/t10?,12-,15-,19?/m0/s1. The number of hydrogen-bond acceptors (Lipinski definition) is 7. The number of nitrogens with one attached hydrogen (secondary N) is 3. The molecule has 3 heterocycles. The van der Waals surface area contributed by atoms with Crippen molar-refractivity contribution < 1.29 is 37.0 Å². The van der Waals surface area contributed by atoms with E-state index in [9.17, 15) is 22.8 Å². The van der Waals surface area contributed by atoms with Gasteiger partial charge in [-0.25, -0.2) is 4.79 Å². The summed E-state index contributed by atoms with van der Waals surface area (Å²) in [6, 6.07) is 2.78. The molecule has 11 nitrogen and oxygen atoms in total. The van der Waals surface area contributed by atoms with Crippen molar-refractivity contribution in [1.82, 2.24) is 25.3 Å². The Morgan fingerprint density at radius 2 is 2.09 bits per heavy atom. The average Bonchev–Trinajstić information content (AvgIpc) is 3.41. The average molecular weight is 484 g/mol. The van der Waals surface area contributed by atoms with Crippen molar-refractivity contribution in [3.8, 4) is 0 Å². The number of aryl methyl sites for hydroxylation is 1. The van der Waals surface area contributed by atoms with Gasteiger partial charge in [-0.3, -0.25) is 19.3 Å². The highest BCUT2D eigenvalue weighted by Crippen LogP contribution is 2.56. The van der Waals surface area contributed by atoms with Gasteiger partial charge in [0.25, 0.3) is 5.91 Å². The Hall–Kier alpha value is -3.13. The second-order valence-corrected chi connectivity index (χ2v) is 9.01. The number of alkyl carbamates (subject to hydrolysis) is 1. The molecule has 34 heavy (non-hydrogen) atoms. The minimum Gasteiger partial charge on any atom is -0.444 e. The number of anilines is 1. The summed E-state index contributed by atoms with van der Waals surface area (Å²) in [5.74, 6) is 0.339. The number of aromatic amines is 1. The van der Waals surface area contributed by atoms with E-state index in [0.29, 0.717) is 12.1 Å². The molecule has 3 saturated carbocycles. The van der Waals surface area contributed by atoms with Crippen molar-refractivity contribution >= 4 is 17.8 Å². The molecule has 2 atom stereocenters. The van der Waals surface area contributed by atoms with Gasteiger partial charge in [-0.1, -0.05) is 0 Å². The van der Waals surface area contributed by atoms with Gasteiger partial charge < -0.3 is 20.1 Å². The SMILES string of the molecule is Cn1nc(COC(F)(F)F)cc1C(=O)Nc1cc([C@@H]2C[C@H](OC(=O)NC34CC(C3)C4)CO2)[nH]n1. The number of carbonyl (C=O) groups is 2. The first-order chi connectivity index (χ1) is 16.1. The van der Waals surface area contributed by atoms with Crippen LogP contribution in [0.1, 0.15) is 53.7 Å². The summed E-state index contributed by atoms with van der Waals surface area (Å²) in [6.45, 7) is -0.564. The molecule has 14 heteroatoms. The van der Waals surface area contributed by atoms with Gasteiger partial charge >= 0.3 is 12.5 Å². The fraction of sp³-hybridized carbons (Fsp3) is 0.600. The molecule has 6 rings (SSSR count). The lowest BCUT2D eigenvalue weighted by Gasteiger charge is -2.61. The highest BCUT2D eigenvalue weighted by Gasteiger charge is 2.57. The van der Waals surface area contributed by atoms with Crippen molar-refractivity contribution in [2.75, 3.05) is 11.9 Å². The topological polar surface area (TPSA) is 132 Å². The molecule has 184 valence electrons. The van der Waals surface area contributed by atoms with Crippen molar-refractivity contribution in [1.29, 1.82) is 0 Å². The second-order valence-electron chi connectivity index (χ2n) is 9.01. The fourth-order valence-electron chi connectivity index (χ4n) is 4.64. The van der Waals surface area contributed by atoms with Gasteiger partial charge in [0.05, 0.1) is 18.0 Å². The number of alkyl halides is 3. The van der Waals surface area contributed by atoms with E-state index >= 15 is 0 Å². The maximum Gasteiger partial charge on any atom is 0.522 e. The Morgan fingerprint density at radius 3 is 2.76 bits per heavy atom. The molecule has 1 saturated heterocycles. The van der Waals surface area contributed by atoms with Crippen LogP contribution in [0.15, 0.2) is 12.1 Å². The van der Waals surface area contributed by atoms with E-state index in [1.165, 1.54) is 13.1 Å². The zero-order chi connectivity index (χ0) is 24.1. The Labute approximate surface area is 191 Å². The van der Waals surface area contributed by atoms with E-state index in [1.807, 2.05) is 0 Å². The molecule has 0 radical (unpaired) electrons. The number of nitrogens with zero attached hydrogens (tertiary/aromatic N) is 3. The molecule has 0 unspecified atom stereocenters. The van der Waals surface area contributed by atoms with E-state index in [4.69, 9.17) is 9.47 Å². The van der Waals surface area contributed by atoms with Crippen molar-refractivity contribution in [3.05, 3.63) is 29.2 Å². The Bertz CT molecular complexity index is 1080. The van der Waals surface area contributed by atoms with Crippen molar-refractivity contribution in [2.45, 2.75) is 56.4 Å². The lowest BCUT2D eigenvalue weighted by molar-refractivity contribution is -0.330. The largest absolute Gasteiger partial charge is 0.522 e. The number of ether oxygens (including phenoxy) is 3. The van der Waals surface area contributed by atoms with Gasteiger partial charge in [0.15, 0.2) is 5.82 Å². The highest BCUT2D eigenvalue weighted by atomic mass is 19.4. The minimum absolute atomic E-state index is 0.0330. The number of aromatic nitrogens is 4. The third kappa shape index (κ3) is 4.73. The maximum atomic E-state index is 12.5. The summed E-state index contributed by atoms with van der Waals surface area (Å²) in [5, 5.41) is 16.2. The van der Waals surface area contributed by atoms with Gasteiger partial charge in [-0.15, -0.1) is 13.2 Å². The molecular weight excluding hydrogens is 461 g/mol. The van der Waals surface area contributed by atoms with Crippen LogP contribution in [-0.4, -0.2) is 56.6 Å². The molecule has 2 aromatic heterocycles. The number of rotatable bonds is 7. The van der Waals surface area contributed by atoms with Crippen LogP contribution in [0.4, 0.5) is 23.8 Å². The van der Waals surface area contributed by atoms with Gasteiger partial charge in [0, 0.05) is 25.1 Å². The second kappa shape index (κ2) is 8.27. The van der Waals surface area contributed by atoms with Crippen LogP contribution in [0, 0.1) is 5.92 Å². The van der Waals surface area contributed by atoms with Gasteiger partial charge in [-0.2, -0.15) is 10.2 Å². The van der Waals surface area contributed by atoms with Crippen molar-refractivity contribution in [3.63, 3.8) is 0 Å². The molecule has 2 amide bonds. The van der Waals surface area contributed by atoms with Crippen LogP contribution in [0.25, 0.3) is 0 Å². The fourth-order valence-corrected chi connectivity index (χ4v) is 4.64. The van der Waals surface area contributed by atoms with Crippen LogP contribution in [0.3, 0.4) is 0 Å². The molecule has 4 fully saturated rings. The van der Waals surface area contributed by atoms with E-state index in [2.05, 4.69) is 30.7 Å².